The van der Waals surface area contributed by atoms with Gasteiger partial charge in [-0.3, -0.25) is 0 Å². The van der Waals surface area contributed by atoms with Crippen molar-refractivity contribution in [1.29, 1.82) is 0 Å². The minimum atomic E-state index is 0.185. The van der Waals surface area contributed by atoms with Crippen molar-refractivity contribution in [2.45, 2.75) is 73.6 Å². The van der Waals surface area contributed by atoms with Crippen molar-refractivity contribution < 1.29 is 0 Å². The molecule has 0 fully saturated rings. The lowest BCUT2D eigenvalue weighted by atomic mass is 9.52. The molecule has 5 aromatic rings. The third kappa shape index (κ3) is 2.31. The van der Waals surface area contributed by atoms with Crippen molar-refractivity contribution in [3.05, 3.63) is 117 Å². The van der Waals surface area contributed by atoms with Crippen LogP contribution in [-0.2, 0) is 0 Å². The molecule has 45 heavy (non-hydrogen) atoms. The van der Waals surface area contributed by atoms with E-state index in [0.717, 1.165) is 27.6 Å². The van der Waals surface area contributed by atoms with E-state index in [0.29, 0.717) is 0 Å². The summed E-state index contributed by atoms with van der Waals surface area (Å²) in [4.78, 5) is 0. The lowest BCUT2D eigenvalue weighted by Crippen LogP contribution is -2.40. The van der Waals surface area contributed by atoms with E-state index in [2.05, 4.69) is 55.4 Å². The van der Waals surface area contributed by atoms with E-state index in [-0.39, 0.29) is 11.8 Å². The number of hydrogen-bond acceptors (Lipinski definition) is 0. The normalized spacial score (nSPS) is 19.7. The molecule has 0 amide bonds. The maximum absolute atomic E-state index is 4.92. The maximum atomic E-state index is 4.92. The minimum Gasteiger partial charge on any atom is -0.0908 e. The van der Waals surface area contributed by atoms with Crippen LogP contribution in [0, 0.1) is 48.5 Å². The highest BCUT2D eigenvalue weighted by Gasteiger charge is 2.51. The molecule has 2 unspecified atom stereocenters. The molecule has 0 aromatic heterocycles. The summed E-state index contributed by atoms with van der Waals surface area (Å²) >= 11 is 0. The minimum absolute atomic E-state index is 0.185. The lowest BCUT2D eigenvalue weighted by Gasteiger charge is -2.50. The summed E-state index contributed by atoms with van der Waals surface area (Å²) in [6.07, 6.45) is 0.948. The van der Waals surface area contributed by atoms with Crippen LogP contribution >= 0.6 is 0 Å². The van der Waals surface area contributed by atoms with E-state index in [1.807, 2.05) is 0 Å². The average molecular weight is 579 g/mol. The van der Waals surface area contributed by atoms with Crippen molar-refractivity contribution in [2.75, 3.05) is 0 Å². The molecule has 2 atom stereocenters. The molecule has 5 aliphatic carbocycles. The fraction of sp³-hybridized carbons (Fsp3) is 0.244. The fourth-order valence-electron chi connectivity index (χ4n) is 11.3. The van der Waals surface area contributed by atoms with Gasteiger partial charge in [-0.1, -0.05) is 38.5 Å². The van der Waals surface area contributed by atoms with E-state index in [4.69, 9.17) is 32.9 Å². The number of aryl methyl sites for hydroxylation is 6. The molecule has 0 heterocycles. The first kappa shape index (κ1) is 25.9. The van der Waals surface area contributed by atoms with Crippen LogP contribution in [0.15, 0.2) is 18.7 Å². The van der Waals surface area contributed by atoms with Gasteiger partial charge in [0.05, 0.1) is 0 Å². The molecular weight excluding hydrogens is 540 g/mol. The number of hydrogen-bond donors (Lipinski definition) is 0. The van der Waals surface area contributed by atoms with Crippen molar-refractivity contribution >= 4 is 74.3 Å². The number of allylic oxidation sites excluding steroid dienone is 3. The molecule has 0 bridgehead atoms. The average Bonchev–Trinajstić information content (AvgIpc) is 2.99. The van der Waals surface area contributed by atoms with E-state index < -0.39 is 0 Å². The molecule has 10 rings (SSSR count). The second-order valence-corrected chi connectivity index (χ2v) is 14.9. The second kappa shape index (κ2) is 7.34. The molecule has 5 aliphatic rings. The maximum Gasteiger partial charge on any atom is 0.0225 e. The molecule has 0 saturated carbocycles. The van der Waals surface area contributed by atoms with E-state index in [1.165, 1.54) is 138 Å². The van der Waals surface area contributed by atoms with Gasteiger partial charge in [0.2, 0.25) is 0 Å². The highest BCUT2D eigenvalue weighted by atomic mass is 14.5. The first-order valence-corrected chi connectivity index (χ1v) is 16.5. The highest BCUT2D eigenvalue weighted by Crippen LogP contribution is 2.67. The van der Waals surface area contributed by atoms with Crippen molar-refractivity contribution in [2.24, 2.45) is 0 Å². The summed E-state index contributed by atoms with van der Waals surface area (Å²) in [7, 11) is 0. The fourth-order valence-corrected chi connectivity index (χ4v) is 11.3. The Kier molecular flexibility index (Phi) is 4.22. The van der Waals surface area contributed by atoms with Crippen LogP contribution in [0.2, 0.25) is 0 Å². The zero-order valence-electron chi connectivity index (χ0n) is 27.9. The Morgan fingerprint density at radius 3 is 1.38 bits per heavy atom. The van der Waals surface area contributed by atoms with Crippen molar-refractivity contribution in [1.82, 2.24) is 0 Å². The molecule has 0 aliphatic heterocycles. The Balaban J connectivity index is 1.66. The van der Waals surface area contributed by atoms with Crippen molar-refractivity contribution in [3.63, 3.8) is 0 Å². The van der Waals surface area contributed by atoms with Crippen LogP contribution in [-0.4, -0.2) is 0 Å². The SMILES string of the molecule is C=C1C2=C3c4c(c(C)c(C)c5c(C)c(=C)c6c(c45)C4c5c(c(=C)c(C)c7c(C)c(C)c8c(C)c(=C)c1c(c8c57)C34)C6=C)=C(C)C2. The van der Waals surface area contributed by atoms with Crippen LogP contribution in [0.4, 0.5) is 0 Å². The Bertz CT molecular complexity index is 2820. The van der Waals surface area contributed by atoms with Crippen LogP contribution in [0.5, 0.6) is 0 Å². The largest absolute Gasteiger partial charge is 0.0908 e. The first-order valence-electron chi connectivity index (χ1n) is 16.5. The molecule has 0 radical (unpaired) electrons. The third-order valence-electron chi connectivity index (χ3n) is 13.4. The van der Waals surface area contributed by atoms with Gasteiger partial charge in [-0.2, -0.15) is 0 Å². The topological polar surface area (TPSA) is 0 Å². The van der Waals surface area contributed by atoms with Crippen LogP contribution < -0.4 is 20.9 Å². The van der Waals surface area contributed by atoms with Gasteiger partial charge in [0, 0.05) is 11.8 Å². The van der Waals surface area contributed by atoms with E-state index in [9.17, 15) is 0 Å². The quantitative estimate of drug-likeness (QED) is 0.162. The lowest BCUT2D eigenvalue weighted by molar-refractivity contribution is 0.706. The van der Waals surface area contributed by atoms with Gasteiger partial charge in [0.15, 0.2) is 0 Å². The van der Waals surface area contributed by atoms with Gasteiger partial charge in [0.1, 0.15) is 0 Å². The summed E-state index contributed by atoms with van der Waals surface area (Å²) < 4.78 is 0. The van der Waals surface area contributed by atoms with Crippen LogP contribution in [0.3, 0.4) is 0 Å². The highest BCUT2D eigenvalue weighted by molar-refractivity contribution is 6.24. The zero-order chi connectivity index (χ0) is 31.6. The molecule has 5 aromatic carbocycles. The Labute approximate surface area is 264 Å². The summed E-state index contributed by atoms with van der Waals surface area (Å²) in [6, 6.07) is 0. The van der Waals surface area contributed by atoms with Gasteiger partial charge >= 0.3 is 0 Å². The third-order valence-corrected chi connectivity index (χ3v) is 13.4. The number of benzene rings is 5. The van der Waals surface area contributed by atoms with Crippen LogP contribution in [0.1, 0.15) is 103 Å². The number of rotatable bonds is 0. The predicted octanol–water partition coefficient (Wildman–Crippen LogP) is 8.51. The summed E-state index contributed by atoms with van der Waals surface area (Å²) in [5, 5.41) is 13.4. The van der Waals surface area contributed by atoms with Gasteiger partial charge < -0.3 is 0 Å². The van der Waals surface area contributed by atoms with Gasteiger partial charge in [-0.05, 0) is 215 Å². The Morgan fingerprint density at radius 1 is 0.422 bits per heavy atom. The Morgan fingerprint density at radius 2 is 0.844 bits per heavy atom. The summed E-state index contributed by atoms with van der Waals surface area (Å²) in [5.74, 6) is 0.395. The smallest absolute Gasteiger partial charge is 0.0225 e. The molecule has 0 spiro atoms. The monoisotopic (exact) mass is 578 g/mol. The van der Waals surface area contributed by atoms with Gasteiger partial charge in [0.25, 0.3) is 0 Å². The van der Waals surface area contributed by atoms with Gasteiger partial charge in [-0.15, -0.1) is 0 Å². The van der Waals surface area contributed by atoms with Crippen LogP contribution in [0.25, 0.3) is 74.3 Å². The van der Waals surface area contributed by atoms with Crippen molar-refractivity contribution in [3.8, 4) is 0 Å². The zero-order valence-corrected chi connectivity index (χ0v) is 27.9. The van der Waals surface area contributed by atoms with Gasteiger partial charge in [-0.25, -0.2) is 0 Å². The summed E-state index contributed by atoms with van der Waals surface area (Å²) in [6.45, 7) is 42.9. The molecular formula is C45H38. The Hall–Kier alpha value is -4.42. The first-order chi connectivity index (χ1) is 21.3. The van der Waals surface area contributed by atoms with E-state index >= 15 is 0 Å². The molecule has 218 valence electrons. The molecule has 0 nitrogen and oxygen atoms in total. The molecule has 0 N–H and O–H groups in total. The summed E-state index contributed by atoms with van der Waals surface area (Å²) in [5.41, 5.74) is 25.9. The van der Waals surface area contributed by atoms with E-state index in [1.54, 1.807) is 0 Å². The standard InChI is InChI=1S/C45H38/c1-15-14-28-26(12)33-23(9)20(6)31-18(4)19(5)32-22(8)25(11)35-27(13)34-24(10)21(7)30-17(3)16(2)29(15)37-36(28)44-41(33)39(31)40(32)43(35)45(44)42(34)38(30)37/h44-45H,9-14H2,1-8H3. The molecule has 0 saturated heterocycles. The second-order valence-electron chi connectivity index (χ2n) is 14.9. The predicted molar refractivity (Wildman–Crippen MR) is 196 cm³/mol. The molecule has 0 heteroatoms.